The van der Waals surface area contributed by atoms with Crippen molar-refractivity contribution in [1.29, 1.82) is 0 Å². The summed E-state index contributed by atoms with van der Waals surface area (Å²) in [6.07, 6.45) is 10.3. The van der Waals surface area contributed by atoms with Crippen molar-refractivity contribution in [3.8, 4) is 0 Å². The molecule has 0 aromatic rings. The van der Waals surface area contributed by atoms with Gasteiger partial charge < -0.3 is 14.9 Å². The molecule has 0 amide bonds. The van der Waals surface area contributed by atoms with Gasteiger partial charge in [0.05, 0.1) is 11.7 Å². The fourth-order valence-electron chi connectivity index (χ4n) is 8.59. The molecule has 0 heterocycles. The van der Waals surface area contributed by atoms with Crippen molar-refractivity contribution in [2.24, 2.45) is 40.4 Å². The molecule has 0 spiro atoms. The summed E-state index contributed by atoms with van der Waals surface area (Å²) >= 11 is 0. The van der Waals surface area contributed by atoms with Crippen LogP contribution < -0.4 is 0 Å². The van der Waals surface area contributed by atoms with Gasteiger partial charge in [-0.1, -0.05) is 52.2 Å². The second kappa shape index (κ2) is 8.89. The number of hydrogen-bond acceptors (Lipinski definition) is 5. The number of fused-ring (bicyclic) bond motifs is 5. The van der Waals surface area contributed by atoms with Gasteiger partial charge in [-0.25, -0.2) is 0 Å². The van der Waals surface area contributed by atoms with Gasteiger partial charge in [-0.05, 0) is 74.9 Å². The third kappa shape index (κ3) is 4.11. The smallest absolute Gasteiger partial charge is 0.302 e. The monoisotopic (exact) mass is 472 g/mol. The summed E-state index contributed by atoms with van der Waals surface area (Å²) < 4.78 is 5.89. The maximum Gasteiger partial charge on any atom is 0.302 e. The highest BCUT2D eigenvalue weighted by Crippen LogP contribution is 2.68. The molecule has 9 atom stereocenters. The van der Waals surface area contributed by atoms with E-state index in [-0.39, 0.29) is 34.9 Å². The molecule has 0 bridgehead atoms. The summed E-state index contributed by atoms with van der Waals surface area (Å²) in [5, 5.41) is 23.6. The van der Waals surface area contributed by atoms with Crippen molar-refractivity contribution in [3.63, 3.8) is 0 Å². The molecular weight excluding hydrogens is 428 g/mol. The van der Waals surface area contributed by atoms with Crippen molar-refractivity contribution in [2.75, 3.05) is 0 Å². The first-order chi connectivity index (χ1) is 15.8. The molecule has 3 saturated carbocycles. The molecule has 4 rings (SSSR count). The third-order valence-electron chi connectivity index (χ3n) is 10.1. The standard InChI is InChI=1S/C29H44O5/c1-17(2)8-7-12-28(5,33)26-24(34-18(3)30)15-23-21-10-9-19-14-20(31)11-13-27(19,4)22(21)16-25(32)29(23,26)6/h11,13-14,17,21-26,32-33H,7-10,12,15-16H2,1-6H3. The van der Waals surface area contributed by atoms with Crippen LogP contribution in [0.5, 0.6) is 0 Å². The maximum absolute atomic E-state index is 12.1. The lowest BCUT2D eigenvalue weighted by molar-refractivity contribution is -0.181. The number of aliphatic hydroxyl groups is 2. The average Bonchev–Trinajstić information content (AvgIpc) is 3.02. The van der Waals surface area contributed by atoms with Gasteiger partial charge >= 0.3 is 5.97 Å². The first-order valence-electron chi connectivity index (χ1n) is 13.3. The van der Waals surface area contributed by atoms with Crippen molar-refractivity contribution in [2.45, 2.75) is 104 Å². The van der Waals surface area contributed by atoms with Gasteiger partial charge in [0.2, 0.25) is 0 Å². The molecule has 4 aliphatic carbocycles. The number of esters is 1. The summed E-state index contributed by atoms with van der Waals surface area (Å²) in [7, 11) is 0. The zero-order chi connectivity index (χ0) is 25.1. The Kier molecular flexibility index (Phi) is 6.70. The van der Waals surface area contributed by atoms with E-state index in [9.17, 15) is 19.8 Å². The number of aliphatic hydroxyl groups excluding tert-OH is 1. The van der Waals surface area contributed by atoms with E-state index in [1.807, 2.05) is 6.92 Å². The van der Waals surface area contributed by atoms with Crippen LogP contribution in [0.3, 0.4) is 0 Å². The molecule has 5 nitrogen and oxygen atoms in total. The van der Waals surface area contributed by atoms with Crippen LogP contribution in [0.2, 0.25) is 0 Å². The summed E-state index contributed by atoms with van der Waals surface area (Å²) in [6, 6.07) is 0. The predicted molar refractivity (Wildman–Crippen MR) is 132 cm³/mol. The number of carbonyl (C=O) groups excluding carboxylic acids is 2. The quantitative estimate of drug-likeness (QED) is 0.532. The van der Waals surface area contributed by atoms with Crippen LogP contribution in [-0.2, 0) is 14.3 Å². The molecule has 0 aliphatic heterocycles. The van der Waals surface area contributed by atoms with E-state index in [1.165, 1.54) is 12.5 Å². The molecule has 2 N–H and O–H groups in total. The van der Waals surface area contributed by atoms with Crippen LogP contribution in [0, 0.1) is 40.4 Å². The van der Waals surface area contributed by atoms with E-state index >= 15 is 0 Å². The Hall–Kier alpha value is -1.46. The van der Waals surface area contributed by atoms with E-state index in [0.29, 0.717) is 31.1 Å². The Morgan fingerprint density at radius 3 is 2.62 bits per heavy atom. The first kappa shape index (κ1) is 25.6. The molecule has 0 saturated heterocycles. The van der Waals surface area contributed by atoms with Gasteiger partial charge in [-0.15, -0.1) is 0 Å². The average molecular weight is 473 g/mol. The highest BCUT2D eigenvalue weighted by Gasteiger charge is 2.68. The first-order valence-corrected chi connectivity index (χ1v) is 13.3. The molecule has 4 aliphatic rings. The minimum absolute atomic E-state index is 0.0559. The fraction of sp³-hybridized carbons (Fsp3) is 0.793. The van der Waals surface area contributed by atoms with Gasteiger partial charge in [-0.3, -0.25) is 9.59 Å². The van der Waals surface area contributed by atoms with Gasteiger partial charge in [0, 0.05) is 23.7 Å². The van der Waals surface area contributed by atoms with Crippen molar-refractivity contribution in [1.82, 2.24) is 0 Å². The van der Waals surface area contributed by atoms with Gasteiger partial charge in [0.25, 0.3) is 0 Å². The predicted octanol–water partition coefficient (Wildman–Crippen LogP) is 5.00. The Morgan fingerprint density at radius 1 is 1.26 bits per heavy atom. The lowest BCUT2D eigenvalue weighted by Gasteiger charge is -2.59. The molecule has 34 heavy (non-hydrogen) atoms. The molecule has 0 radical (unpaired) electrons. The summed E-state index contributed by atoms with van der Waals surface area (Å²) in [4.78, 5) is 24.2. The number of allylic oxidation sites excluding steroid dienone is 4. The second-order valence-electron chi connectivity index (χ2n) is 12.7. The van der Waals surface area contributed by atoms with Crippen LogP contribution in [0.4, 0.5) is 0 Å². The number of hydrogen-bond donors (Lipinski definition) is 2. The molecule has 190 valence electrons. The van der Waals surface area contributed by atoms with Crippen LogP contribution in [-0.4, -0.2) is 39.8 Å². The van der Waals surface area contributed by atoms with Crippen LogP contribution in [0.15, 0.2) is 23.8 Å². The Morgan fingerprint density at radius 2 is 1.97 bits per heavy atom. The third-order valence-corrected chi connectivity index (χ3v) is 10.1. The van der Waals surface area contributed by atoms with E-state index in [0.717, 1.165) is 25.7 Å². The van der Waals surface area contributed by atoms with Gasteiger partial charge in [0.1, 0.15) is 6.10 Å². The SMILES string of the molecule is CC(=O)OC1CC2C3CCC4=CC(=O)C=CC4(C)C3CC(O)C2(C)C1C(C)(O)CCCC(C)C. The Labute approximate surface area is 205 Å². The second-order valence-corrected chi connectivity index (χ2v) is 12.7. The topological polar surface area (TPSA) is 83.8 Å². The van der Waals surface area contributed by atoms with Crippen LogP contribution in [0.25, 0.3) is 0 Å². The lowest BCUT2D eigenvalue weighted by Crippen LogP contribution is -2.59. The highest BCUT2D eigenvalue weighted by molar-refractivity contribution is 6.01. The summed E-state index contributed by atoms with van der Waals surface area (Å²) in [5.41, 5.74) is -0.612. The van der Waals surface area contributed by atoms with Gasteiger partial charge in [0.15, 0.2) is 5.78 Å². The zero-order valence-electron chi connectivity index (χ0n) is 21.8. The van der Waals surface area contributed by atoms with Gasteiger partial charge in [-0.2, -0.15) is 0 Å². The summed E-state index contributed by atoms with van der Waals surface area (Å²) in [6.45, 7) is 12.1. The maximum atomic E-state index is 12.1. The molecule has 0 aromatic heterocycles. The lowest BCUT2D eigenvalue weighted by atomic mass is 9.46. The number of ketones is 1. The Bertz CT molecular complexity index is 885. The fourth-order valence-corrected chi connectivity index (χ4v) is 8.59. The van der Waals surface area contributed by atoms with E-state index in [1.54, 1.807) is 12.2 Å². The Balaban J connectivity index is 1.69. The van der Waals surface area contributed by atoms with Crippen LogP contribution in [0.1, 0.15) is 86.5 Å². The largest absolute Gasteiger partial charge is 0.462 e. The highest BCUT2D eigenvalue weighted by atomic mass is 16.5. The minimum Gasteiger partial charge on any atom is -0.462 e. The molecular formula is C29H44O5. The molecule has 9 unspecified atom stereocenters. The van der Waals surface area contributed by atoms with Crippen LogP contribution >= 0.6 is 0 Å². The van der Waals surface area contributed by atoms with Crippen molar-refractivity contribution >= 4 is 11.8 Å². The van der Waals surface area contributed by atoms with Crippen molar-refractivity contribution < 1.29 is 24.5 Å². The number of ether oxygens (including phenoxy) is 1. The number of carbonyl (C=O) groups is 2. The number of rotatable bonds is 6. The molecule has 5 heteroatoms. The molecule has 0 aromatic carbocycles. The zero-order valence-corrected chi connectivity index (χ0v) is 21.8. The molecule has 3 fully saturated rings. The van der Waals surface area contributed by atoms with E-state index < -0.39 is 23.2 Å². The van der Waals surface area contributed by atoms with E-state index in [4.69, 9.17) is 4.74 Å². The van der Waals surface area contributed by atoms with E-state index in [2.05, 4.69) is 33.8 Å². The minimum atomic E-state index is -1.03. The van der Waals surface area contributed by atoms with Crippen molar-refractivity contribution in [3.05, 3.63) is 23.8 Å². The summed E-state index contributed by atoms with van der Waals surface area (Å²) in [5.74, 6) is 0.710. The normalized spacial score (nSPS) is 43.0.